The van der Waals surface area contributed by atoms with E-state index in [9.17, 15) is 8.42 Å². The van der Waals surface area contributed by atoms with Crippen molar-refractivity contribution in [3.8, 4) is 0 Å². The average molecular weight is 341 g/mol. The predicted octanol–water partition coefficient (Wildman–Crippen LogP) is 2.10. The van der Waals surface area contributed by atoms with Gasteiger partial charge < -0.3 is 5.32 Å². The third-order valence-electron chi connectivity index (χ3n) is 2.26. The Hall–Kier alpha value is 0.0500. The topological polar surface area (TPSA) is 58.2 Å². The van der Waals surface area contributed by atoms with E-state index in [0.29, 0.717) is 11.4 Å². The van der Waals surface area contributed by atoms with E-state index in [1.54, 1.807) is 13.0 Å². The molecule has 7 heteroatoms. The van der Waals surface area contributed by atoms with Gasteiger partial charge in [-0.2, -0.15) is 0 Å². The van der Waals surface area contributed by atoms with Gasteiger partial charge in [0.2, 0.25) is 10.0 Å². The van der Waals surface area contributed by atoms with Gasteiger partial charge in [-0.15, -0.1) is 11.3 Å². The van der Waals surface area contributed by atoms with Gasteiger partial charge in [0, 0.05) is 17.5 Å². The van der Waals surface area contributed by atoms with Crippen molar-refractivity contribution in [2.75, 3.05) is 13.1 Å². The van der Waals surface area contributed by atoms with E-state index in [1.807, 2.05) is 13.8 Å². The molecule has 0 bridgehead atoms. The van der Waals surface area contributed by atoms with Crippen molar-refractivity contribution in [3.05, 3.63) is 14.7 Å². The lowest BCUT2D eigenvalue weighted by Gasteiger charge is -2.13. The molecular weight excluding hydrogens is 324 g/mol. The monoisotopic (exact) mass is 340 g/mol. The summed E-state index contributed by atoms with van der Waals surface area (Å²) < 4.78 is 27.5. The molecule has 0 fully saturated rings. The summed E-state index contributed by atoms with van der Waals surface area (Å²) in [6.45, 7) is 6.96. The highest BCUT2D eigenvalue weighted by Gasteiger charge is 2.19. The van der Waals surface area contributed by atoms with E-state index in [-0.39, 0.29) is 6.04 Å². The summed E-state index contributed by atoms with van der Waals surface area (Å²) in [6, 6.07) is 1.76. The van der Waals surface area contributed by atoms with Crippen molar-refractivity contribution >= 4 is 37.3 Å². The van der Waals surface area contributed by atoms with Crippen LogP contribution in [0.3, 0.4) is 0 Å². The summed E-state index contributed by atoms with van der Waals surface area (Å²) in [5.41, 5.74) is 0. The largest absolute Gasteiger partial charge is 0.313 e. The van der Waals surface area contributed by atoms with Gasteiger partial charge in [-0.3, -0.25) is 0 Å². The first kappa shape index (κ1) is 15.1. The molecular formula is C10H17BrN2O2S2. The van der Waals surface area contributed by atoms with E-state index >= 15 is 0 Å². The zero-order valence-electron chi connectivity index (χ0n) is 10.1. The van der Waals surface area contributed by atoms with E-state index in [2.05, 4.69) is 26.0 Å². The van der Waals surface area contributed by atoms with Gasteiger partial charge in [0.15, 0.2) is 0 Å². The van der Waals surface area contributed by atoms with Crippen LogP contribution in [-0.2, 0) is 10.0 Å². The molecule has 0 aliphatic rings. The number of halogens is 1. The van der Waals surface area contributed by atoms with Crippen LogP contribution < -0.4 is 10.0 Å². The van der Waals surface area contributed by atoms with Crippen molar-refractivity contribution in [2.24, 2.45) is 0 Å². The standard InChI is InChI=1S/C10H17BrN2O2S2/c1-4-12-7(2)6-13-17(14,15)9-5-10(11)16-8(9)3/h5,7,12-13H,4,6H2,1-3H3/t7-/m1/s1. The fraction of sp³-hybridized carbons (Fsp3) is 0.600. The minimum Gasteiger partial charge on any atom is -0.313 e. The van der Waals surface area contributed by atoms with Gasteiger partial charge in [-0.25, -0.2) is 13.1 Å². The Bertz CT molecular complexity index is 471. The molecule has 2 N–H and O–H groups in total. The molecule has 0 amide bonds. The van der Waals surface area contributed by atoms with Crippen LogP contribution in [0.25, 0.3) is 0 Å². The van der Waals surface area contributed by atoms with Gasteiger partial charge in [0.05, 0.1) is 8.68 Å². The maximum absolute atomic E-state index is 12.0. The Morgan fingerprint density at radius 2 is 2.18 bits per heavy atom. The lowest BCUT2D eigenvalue weighted by atomic mass is 10.3. The fourth-order valence-electron chi connectivity index (χ4n) is 1.43. The molecule has 1 aromatic rings. The number of hydrogen-bond acceptors (Lipinski definition) is 4. The number of likely N-dealkylation sites (N-methyl/N-ethyl adjacent to an activating group) is 1. The van der Waals surface area contributed by atoms with Gasteiger partial charge >= 0.3 is 0 Å². The summed E-state index contributed by atoms with van der Waals surface area (Å²) in [5.74, 6) is 0. The van der Waals surface area contributed by atoms with Crippen molar-refractivity contribution < 1.29 is 8.42 Å². The fourth-order valence-corrected chi connectivity index (χ4v) is 4.97. The first-order valence-corrected chi connectivity index (χ1v) is 8.45. The van der Waals surface area contributed by atoms with Crippen molar-refractivity contribution in [3.63, 3.8) is 0 Å². The highest BCUT2D eigenvalue weighted by atomic mass is 79.9. The molecule has 1 rings (SSSR count). The van der Waals surface area contributed by atoms with E-state index < -0.39 is 10.0 Å². The lowest BCUT2D eigenvalue weighted by Crippen LogP contribution is -2.38. The number of rotatable bonds is 6. The third-order valence-corrected chi connectivity index (χ3v) is 5.50. The average Bonchev–Trinajstić information content (AvgIpc) is 2.56. The smallest absolute Gasteiger partial charge is 0.241 e. The molecule has 0 spiro atoms. The quantitative estimate of drug-likeness (QED) is 0.833. The highest BCUT2D eigenvalue weighted by Crippen LogP contribution is 2.29. The van der Waals surface area contributed by atoms with Crippen molar-refractivity contribution in [2.45, 2.75) is 31.7 Å². The zero-order chi connectivity index (χ0) is 13.1. The van der Waals surface area contributed by atoms with Crippen LogP contribution in [0.15, 0.2) is 14.7 Å². The number of hydrogen-bond donors (Lipinski definition) is 2. The van der Waals surface area contributed by atoms with Crippen LogP contribution in [0, 0.1) is 6.92 Å². The molecule has 17 heavy (non-hydrogen) atoms. The second kappa shape index (κ2) is 6.29. The molecule has 0 saturated heterocycles. The normalized spacial score (nSPS) is 13.9. The molecule has 0 aromatic carbocycles. The molecule has 0 saturated carbocycles. The Morgan fingerprint density at radius 3 is 2.65 bits per heavy atom. The number of sulfonamides is 1. The van der Waals surface area contributed by atoms with Crippen molar-refractivity contribution in [1.29, 1.82) is 0 Å². The van der Waals surface area contributed by atoms with Gasteiger partial charge in [0.1, 0.15) is 0 Å². The van der Waals surface area contributed by atoms with Crippen LogP contribution in [0.5, 0.6) is 0 Å². The summed E-state index contributed by atoms with van der Waals surface area (Å²) in [7, 11) is -3.39. The Labute approximate surface area is 115 Å². The van der Waals surface area contributed by atoms with Crippen LogP contribution in [0.1, 0.15) is 18.7 Å². The highest BCUT2D eigenvalue weighted by molar-refractivity contribution is 9.11. The number of thiophene rings is 1. The maximum Gasteiger partial charge on any atom is 0.241 e. The Kier molecular flexibility index (Phi) is 5.59. The maximum atomic E-state index is 12.0. The Morgan fingerprint density at radius 1 is 1.53 bits per heavy atom. The zero-order valence-corrected chi connectivity index (χ0v) is 13.3. The van der Waals surface area contributed by atoms with E-state index in [1.165, 1.54) is 11.3 Å². The first-order chi connectivity index (χ1) is 7.86. The second-order valence-electron chi connectivity index (χ2n) is 3.78. The molecule has 1 heterocycles. The number of nitrogens with one attached hydrogen (secondary N) is 2. The SMILES string of the molecule is CCN[C@H](C)CNS(=O)(=O)c1cc(Br)sc1C. The molecule has 0 aliphatic carbocycles. The molecule has 1 aromatic heterocycles. The minimum atomic E-state index is -3.39. The summed E-state index contributed by atoms with van der Waals surface area (Å²) in [5, 5.41) is 3.16. The molecule has 4 nitrogen and oxygen atoms in total. The molecule has 0 radical (unpaired) electrons. The van der Waals surface area contributed by atoms with E-state index in [0.717, 1.165) is 15.2 Å². The predicted molar refractivity (Wildman–Crippen MR) is 75.1 cm³/mol. The molecule has 0 unspecified atom stereocenters. The minimum absolute atomic E-state index is 0.122. The second-order valence-corrected chi connectivity index (χ2v) is 8.15. The van der Waals surface area contributed by atoms with Crippen molar-refractivity contribution in [1.82, 2.24) is 10.0 Å². The van der Waals surface area contributed by atoms with E-state index in [4.69, 9.17) is 0 Å². The first-order valence-electron chi connectivity index (χ1n) is 5.35. The van der Waals surface area contributed by atoms with Crippen LogP contribution in [0.4, 0.5) is 0 Å². The Balaban J connectivity index is 2.73. The van der Waals surface area contributed by atoms with Gasteiger partial charge in [-0.1, -0.05) is 6.92 Å². The molecule has 98 valence electrons. The number of aryl methyl sites for hydroxylation is 1. The molecule has 1 atom stereocenters. The van der Waals surface area contributed by atoms with Crippen LogP contribution >= 0.6 is 27.3 Å². The van der Waals surface area contributed by atoms with Gasteiger partial charge in [0.25, 0.3) is 0 Å². The van der Waals surface area contributed by atoms with Crippen LogP contribution in [-0.4, -0.2) is 27.5 Å². The summed E-state index contributed by atoms with van der Waals surface area (Å²) in [6.07, 6.45) is 0. The molecule has 0 aliphatic heterocycles. The summed E-state index contributed by atoms with van der Waals surface area (Å²) >= 11 is 4.72. The lowest BCUT2D eigenvalue weighted by molar-refractivity contribution is 0.536. The summed E-state index contributed by atoms with van der Waals surface area (Å²) in [4.78, 5) is 1.15. The third kappa shape index (κ3) is 4.33. The van der Waals surface area contributed by atoms with Gasteiger partial charge in [-0.05, 0) is 42.4 Å². The van der Waals surface area contributed by atoms with Crippen LogP contribution in [0.2, 0.25) is 0 Å².